The van der Waals surface area contributed by atoms with Gasteiger partial charge in [0.25, 0.3) is 0 Å². The van der Waals surface area contributed by atoms with Crippen LogP contribution in [0.5, 0.6) is 0 Å². The van der Waals surface area contributed by atoms with E-state index < -0.39 is 22.8 Å². The van der Waals surface area contributed by atoms with Gasteiger partial charge in [-0.1, -0.05) is 0 Å². The minimum atomic E-state index is -0.931. The van der Waals surface area contributed by atoms with E-state index in [-0.39, 0.29) is 11.5 Å². The van der Waals surface area contributed by atoms with Crippen molar-refractivity contribution in [1.82, 2.24) is 0 Å². The Labute approximate surface area is 103 Å². The van der Waals surface area contributed by atoms with E-state index in [9.17, 15) is 13.2 Å². The molecule has 1 heterocycles. The molecule has 1 aromatic carbocycles. The van der Waals surface area contributed by atoms with Crippen molar-refractivity contribution in [3.8, 4) is 0 Å². The normalized spacial score (nSPS) is 19.3. The standard InChI is InChI=1S/C12H12ClF3O/c13-12(7-1-3-17-4-2-7)11-9(15)5-8(14)6-10(11)16/h5-7,12H,1-4H2. The van der Waals surface area contributed by atoms with Crippen LogP contribution in [0.25, 0.3) is 0 Å². The van der Waals surface area contributed by atoms with Crippen molar-refractivity contribution in [2.75, 3.05) is 13.2 Å². The van der Waals surface area contributed by atoms with Crippen LogP contribution >= 0.6 is 11.6 Å². The molecule has 1 atom stereocenters. The Balaban J connectivity index is 2.26. The highest BCUT2D eigenvalue weighted by atomic mass is 35.5. The highest BCUT2D eigenvalue weighted by molar-refractivity contribution is 6.21. The summed E-state index contributed by atoms with van der Waals surface area (Å²) < 4.78 is 45.0. The molecule has 5 heteroatoms. The van der Waals surface area contributed by atoms with E-state index in [1.165, 1.54) is 0 Å². The van der Waals surface area contributed by atoms with Crippen molar-refractivity contribution in [3.05, 3.63) is 35.1 Å². The van der Waals surface area contributed by atoms with Gasteiger partial charge in [0, 0.05) is 30.9 Å². The predicted octanol–water partition coefficient (Wildman–Crippen LogP) is 3.81. The molecule has 1 nitrogen and oxygen atoms in total. The maximum atomic E-state index is 13.5. The van der Waals surface area contributed by atoms with Crippen molar-refractivity contribution in [2.45, 2.75) is 18.2 Å². The van der Waals surface area contributed by atoms with E-state index >= 15 is 0 Å². The van der Waals surface area contributed by atoms with Crippen molar-refractivity contribution in [2.24, 2.45) is 5.92 Å². The Morgan fingerprint density at radius 1 is 1.12 bits per heavy atom. The van der Waals surface area contributed by atoms with Gasteiger partial charge >= 0.3 is 0 Å². The second-order valence-corrected chi connectivity index (χ2v) is 4.60. The molecule has 1 unspecified atom stereocenters. The minimum Gasteiger partial charge on any atom is -0.381 e. The number of benzene rings is 1. The summed E-state index contributed by atoms with van der Waals surface area (Å²) in [5.74, 6) is -2.82. The Bertz CT molecular complexity index is 382. The molecule has 2 rings (SSSR count). The molecule has 0 spiro atoms. The molecular formula is C12H12ClF3O. The molecule has 1 aliphatic heterocycles. The van der Waals surface area contributed by atoms with Crippen LogP contribution < -0.4 is 0 Å². The van der Waals surface area contributed by atoms with Gasteiger partial charge in [0.2, 0.25) is 0 Å². The minimum absolute atomic E-state index is 0.0418. The van der Waals surface area contributed by atoms with Gasteiger partial charge in [-0.2, -0.15) is 0 Å². The van der Waals surface area contributed by atoms with Crippen LogP contribution in [0, 0.1) is 23.4 Å². The first kappa shape index (κ1) is 12.7. The summed E-state index contributed by atoms with van der Waals surface area (Å²) in [6.45, 7) is 1.08. The summed E-state index contributed by atoms with van der Waals surface area (Å²) in [6, 6.07) is 1.32. The van der Waals surface area contributed by atoms with Gasteiger partial charge in [0.15, 0.2) is 0 Å². The third-order valence-corrected chi connectivity index (χ3v) is 3.57. The number of halogens is 4. The quantitative estimate of drug-likeness (QED) is 0.738. The monoisotopic (exact) mass is 264 g/mol. The van der Waals surface area contributed by atoms with Gasteiger partial charge in [-0.3, -0.25) is 0 Å². The van der Waals surface area contributed by atoms with E-state index in [0.717, 1.165) is 0 Å². The highest BCUT2D eigenvalue weighted by Gasteiger charge is 2.28. The Morgan fingerprint density at radius 3 is 2.18 bits per heavy atom. The molecule has 0 aromatic heterocycles. The fourth-order valence-corrected chi connectivity index (χ4v) is 2.52. The number of hydrogen-bond acceptors (Lipinski definition) is 1. The van der Waals surface area contributed by atoms with Crippen LogP contribution in [0.4, 0.5) is 13.2 Å². The van der Waals surface area contributed by atoms with Crippen molar-refractivity contribution >= 4 is 11.6 Å². The molecule has 0 saturated carbocycles. The fraction of sp³-hybridized carbons (Fsp3) is 0.500. The largest absolute Gasteiger partial charge is 0.381 e. The Kier molecular flexibility index (Phi) is 3.94. The van der Waals surface area contributed by atoms with E-state index in [2.05, 4.69) is 0 Å². The smallest absolute Gasteiger partial charge is 0.133 e. The molecule has 0 N–H and O–H groups in total. The van der Waals surface area contributed by atoms with Crippen molar-refractivity contribution in [1.29, 1.82) is 0 Å². The third kappa shape index (κ3) is 2.75. The van der Waals surface area contributed by atoms with Gasteiger partial charge in [0.05, 0.1) is 5.38 Å². The topological polar surface area (TPSA) is 9.23 Å². The van der Waals surface area contributed by atoms with Crippen LogP contribution in [-0.2, 0) is 4.74 Å². The lowest BCUT2D eigenvalue weighted by atomic mass is 9.91. The lowest BCUT2D eigenvalue weighted by Crippen LogP contribution is -2.20. The number of ether oxygens (including phenoxy) is 1. The van der Waals surface area contributed by atoms with Crippen LogP contribution in [0.2, 0.25) is 0 Å². The number of alkyl halides is 1. The maximum absolute atomic E-state index is 13.5. The summed E-state index contributed by atoms with van der Waals surface area (Å²) in [7, 11) is 0. The molecule has 1 fully saturated rings. The molecule has 0 amide bonds. The molecule has 1 aliphatic rings. The van der Waals surface area contributed by atoms with Crippen LogP contribution in [0.1, 0.15) is 23.8 Å². The Morgan fingerprint density at radius 2 is 1.65 bits per heavy atom. The van der Waals surface area contributed by atoms with E-state index in [1.807, 2.05) is 0 Å². The summed E-state index contributed by atoms with van der Waals surface area (Å²) >= 11 is 6.09. The molecular weight excluding hydrogens is 253 g/mol. The first-order valence-corrected chi connectivity index (χ1v) is 5.89. The van der Waals surface area contributed by atoms with Gasteiger partial charge in [-0.25, -0.2) is 13.2 Å². The summed E-state index contributed by atoms with van der Waals surface area (Å²) in [5, 5.41) is -0.778. The second kappa shape index (κ2) is 5.27. The summed E-state index contributed by atoms with van der Waals surface area (Å²) in [4.78, 5) is 0. The van der Waals surface area contributed by atoms with Crippen molar-refractivity contribution in [3.63, 3.8) is 0 Å². The van der Waals surface area contributed by atoms with E-state index in [1.54, 1.807) is 0 Å². The van der Waals surface area contributed by atoms with Gasteiger partial charge in [0.1, 0.15) is 17.5 Å². The predicted molar refractivity (Wildman–Crippen MR) is 58.5 cm³/mol. The van der Waals surface area contributed by atoms with Crippen LogP contribution in [0.3, 0.4) is 0 Å². The third-order valence-electron chi connectivity index (χ3n) is 3.00. The summed E-state index contributed by atoms with van der Waals surface area (Å²) in [6.07, 6.45) is 1.31. The zero-order chi connectivity index (χ0) is 12.4. The molecule has 0 aliphatic carbocycles. The molecule has 94 valence electrons. The lowest BCUT2D eigenvalue weighted by Gasteiger charge is -2.26. The molecule has 0 bridgehead atoms. The molecule has 17 heavy (non-hydrogen) atoms. The van der Waals surface area contributed by atoms with Crippen LogP contribution in [0.15, 0.2) is 12.1 Å². The SMILES string of the molecule is Fc1cc(F)c(C(Cl)C2CCOCC2)c(F)c1. The highest BCUT2D eigenvalue weighted by Crippen LogP contribution is 2.37. The first-order valence-electron chi connectivity index (χ1n) is 5.46. The van der Waals surface area contributed by atoms with E-state index in [0.29, 0.717) is 38.2 Å². The van der Waals surface area contributed by atoms with Gasteiger partial charge < -0.3 is 4.74 Å². The number of rotatable bonds is 2. The average molecular weight is 265 g/mol. The zero-order valence-corrected chi connectivity index (χ0v) is 9.81. The van der Waals surface area contributed by atoms with Gasteiger partial charge in [-0.15, -0.1) is 11.6 Å². The lowest BCUT2D eigenvalue weighted by molar-refractivity contribution is 0.0645. The zero-order valence-electron chi connectivity index (χ0n) is 9.06. The fourth-order valence-electron chi connectivity index (χ4n) is 2.06. The molecule has 0 radical (unpaired) electrons. The van der Waals surface area contributed by atoms with E-state index in [4.69, 9.17) is 16.3 Å². The molecule has 1 aromatic rings. The summed E-state index contributed by atoms with van der Waals surface area (Å²) in [5.41, 5.74) is -0.236. The molecule has 1 saturated heterocycles. The second-order valence-electron chi connectivity index (χ2n) is 4.13. The Hall–Kier alpha value is -0.740. The average Bonchev–Trinajstić information content (AvgIpc) is 2.28. The maximum Gasteiger partial charge on any atom is 0.133 e. The van der Waals surface area contributed by atoms with Crippen molar-refractivity contribution < 1.29 is 17.9 Å². The van der Waals surface area contributed by atoms with Gasteiger partial charge in [-0.05, 0) is 18.8 Å². The number of hydrogen-bond donors (Lipinski definition) is 0. The first-order chi connectivity index (χ1) is 8.09. The van der Waals surface area contributed by atoms with Crippen LogP contribution in [-0.4, -0.2) is 13.2 Å².